The molecule has 1 aliphatic heterocycles. The van der Waals surface area contributed by atoms with E-state index in [4.69, 9.17) is 16.3 Å². The molecule has 0 aromatic heterocycles. The van der Waals surface area contributed by atoms with Crippen molar-refractivity contribution in [3.63, 3.8) is 0 Å². The lowest BCUT2D eigenvalue weighted by Gasteiger charge is -2.26. The van der Waals surface area contributed by atoms with Crippen LogP contribution in [0.25, 0.3) is 0 Å². The van der Waals surface area contributed by atoms with Crippen LogP contribution in [-0.2, 0) is 10.0 Å². The maximum Gasteiger partial charge on any atom is 0.254 e. The number of benzene rings is 2. The summed E-state index contributed by atoms with van der Waals surface area (Å²) in [7, 11) is -2.47. The molecular weight excluding hydrogens is 424 g/mol. The van der Waals surface area contributed by atoms with Gasteiger partial charge in [-0.25, -0.2) is 13.1 Å². The van der Waals surface area contributed by atoms with Crippen LogP contribution in [0.5, 0.6) is 5.75 Å². The first kappa shape index (κ1) is 22.6. The van der Waals surface area contributed by atoms with Crippen LogP contribution in [0.1, 0.15) is 55.6 Å². The van der Waals surface area contributed by atoms with E-state index >= 15 is 0 Å². The summed E-state index contributed by atoms with van der Waals surface area (Å²) in [4.78, 5) is 15.0. The third-order valence-corrected chi connectivity index (χ3v) is 6.90. The molecule has 0 saturated carbocycles. The Morgan fingerprint density at radius 2 is 1.93 bits per heavy atom. The highest BCUT2D eigenvalue weighted by Gasteiger charge is 2.32. The maximum atomic E-state index is 13.3. The normalized spacial score (nSPS) is 17.2. The number of nitrogens with zero attached hydrogens (tertiary/aromatic N) is 1. The standard InChI is InChI=1S/C22H27ClN2O4S/c1-22(2,3)24-30(27,28)20-14-16(10-11-19(20)29-4)21(26)25-12-6-9-18(25)15-7-5-8-17(23)13-15/h5,7-8,10-11,13-14,18,24H,6,9,12H2,1-4H3. The van der Waals surface area contributed by atoms with Gasteiger partial charge in [-0.2, -0.15) is 0 Å². The second kappa shape index (κ2) is 8.57. The number of hydrogen-bond donors (Lipinski definition) is 1. The van der Waals surface area contributed by atoms with Gasteiger partial charge in [0.05, 0.1) is 13.2 Å². The summed E-state index contributed by atoms with van der Waals surface area (Å²) in [6, 6.07) is 11.9. The highest BCUT2D eigenvalue weighted by molar-refractivity contribution is 7.89. The van der Waals surface area contributed by atoms with Crippen molar-refractivity contribution >= 4 is 27.5 Å². The molecular formula is C22H27ClN2O4S. The number of amides is 1. The van der Waals surface area contributed by atoms with Gasteiger partial charge in [-0.3, -0.25) is 4.79 Å². The number of carbonyl (C=O) groups is 1. The van der Waals surface area contributed by atoms with Gasteiger partial charge < -0.3 is 9.64 Å². The van der Waals surface area contributed by atoms with E-state index in [1.807, 2.05) is 18.2 Å². The number of hydrogen-bond acceptors (Lipinski definition) is 4. The van der Waals surface area contributed by atoms with Crippen LogP contribution in [-0.4, -0.2) is 38.4 Å². The molecule has 1 atom stereocenters. The van der Waals surface area contributed by atoms with Crippen LogP contribution in [0, 0.1) is 0 Å². The van der Waals surface area contributed by atoms with Crippen LogP contribution >= 0.6 is 11.6 Å². The summed E-state index contributed by atoms with van der Waals surface area (Å²) in [5.74, 6) is -0.0246. The Bertz CT molecular complexity index is 1050. The quantitative estimate of drug-likeness (QED) is 0.732. The topological polar surface area (TPSA) is 75.7 Å². The van der Waals surface area contributed by atoms with Crippen molar-refractivity contribution < 1.29 is 17.9 Å². The Morgan fingerprint density at radius 3 is 2.57 bits per heavy atom. The molecule has 3 rings (SSSR count). The second-order valence-corrected chi connectivity index (χ2v) is 10.5. The molecule has 0 spiro atoms. The maximum absolute atomic E-state index is 13.3. The number of carbonyl (C=O) groups excluding carboxylic acids is 1. The first-order valence-corrected chi connectivity index (χ1v) is 11.7. The van der Waals surface area contributed by atoms with Gasteiger partial charge in [0.2, 0.25) is 10.0 Å². The average Bonchev–Trinajstić information content (AvgIpc) is 3.15. The zero-order valence-corrected chi connectivity index (χ0v) is 19.2. The molecule has 30 heavy (non-hydrogen) atoms. The summed E-state index contributed by atoms with van der Waals surface area (Å²) in [5, 5.41) is 0.623. The van der Waals surface area contributed by atoms with Gasteiger partial charge in [0.25, 0.3) is 5.91 Å². The van der Waals surface area contributed by atoms with E-state index in [-0.39, 0.29) is 22.6 Å². The van der Waals surface area contributed by atoms with Gasteiger partial charge in [-0.15, -0.1) is 0 Å². The van der Waals surface area contributed by atoms with Gasteiger partial charge in [-0.1, -0.05) is 23.7 Å². The molecule has 2 aromatic carbocycles. The third-order valence-electron chi connectivity index (χ3n) is 4.89. The Hall–Kier alpha value is -2.09. The smallest absolute Gasteiger partial charge is 0.254 e. The highest BCUT2D eigenvalue weighted by Crippen LogP contribution is 2.35. The Balaban J connectivity index is 1.96. The predicted octanol–water partition coefficient (Wildman–Crippen LogP) is 4.40. The van der Waals surface area contributed by atoms with E-state index in [0.29, 0.717) is 17.1 Å². The van der Waals surface area contributed by atoms with Crippen LogP contribution in [0.15, 0.2) is 47.4 Å². The van der Waals surface area contributed by atoms with Crippen LogP contribution in [0.4, 0.5) is 0 Å². The van der Waals surface area contributed by atoms with E-state index in [9.17, 15) is 13.2 Å². The molecule has 1 unspecified atom stereocenters. The Labute approximate surface area is 183 Å². The molecule has 2 aromatic rings. The van der Waals surface area contributed by atoms with Crippen molar-refractivity contribution in [1.82, 2.24) is 9.62 Å². The van der Waals surface area contributed by atoms with E-state index in [1.54, 1.807) is 37.8 Å². The third kappa shape index (κ3) is 4.96. The van der Waals surface area contributed by atoms with Crippen molar-refractivity contribution in [2.24, 2.45) is 0 Å². The predicted molar refractivity (Wildman–Crippen MR) is 118 cm³/mol. The lowest BCUT2D eigenvalue weighted by Crippen LogP contribution is -2.40. The van der Waals surface area contributed by atoms with E-state index in [1.165, 1.54) is 19.2 Å². The monoisotopic (exact) mass is 450 g/mol. The molecule has 1 aliphatic rings. The number of likely N-dealkylation sites (tertiary alicyclic amines) is 1. The minimum absolute atomic E-state index is 0.0516. The van der Waals surface area contributed by atoms with Gasteiger partial charge >= 0.3 is 0 Å². The molecule has 1 N–H and O–H groups in total. The zero-order valence-electron chi connectivity index (χ0n) is 17.6. The van der Waals surface area contributed by atoms with Gasteiger partial charge in [0, 0.05) is 22.7 Å². The molecule has 0 radical (unpaired) electrons. The highest BCUT2D eigenvalue weighted by atomic mass is 35.5. The van der Waals surface area contributed by atoms with Crippen LogP contribution in [0.3, 0.4) is 0 Å². The van der Waals surface area contributed by atoms with Crippen LogP contribution < -0.4 is 9.46 Å². The molecule has 6 nitrogen and oxygen atoms in total. The van der Waals surface area contributed by atoms with Gasteiger partial charge in [0.15, 0.2) is 0 Å². The molecule has 0 aliphatic carbocycles. The van der Waals surface area contributed by atoms with Crippen molar-refractivity contribution in [3.05, 3.63) is 58.6 Å². The number of halogens is 1. The van der Waals surface area contributed by atoms with Crippen molar-refractivity contribution in [1.29, 1.82) is 0 Å². The lowest BCUT2D eigenvalue weighted by molar-refractivity contribution is 0.0735. The molecule has 162 valence electrons. The fourth-order valence-electron chi connectivity index (χ4n) is 3.71. The number of rotatable bonds is 5. The number of nitrogens with one attached hydrogen (secondary N) is 1. The summed E-state index contributed by atoms with van der Waals surface area (Å²) >= 11 is 6.13. The second-order valence-electron chi connectivity index (χ2n) is 8.43. The fraction of sp³-hybridized carbons (Fsp3) is 0.409. The largest absolute Gasteiger partial charge is 0.495 e. The van der Waals surface area contributed by atoms with Crippen molar-refractivity contribution in [2.45, 2.75) is 50.1 Å². The van der Waals surface area contributed by atoms with Gasteiger partial charge in [0.1, 0.15) is 10.6 Å². The summed E-state index contributed by atoms with van der Waals surface area (Å²) in [6.45, 7) is 5.87. The summed E-state index contributed by atoms with van der Waals surface area (Å²) < 4.78 is 33.7. The number of sulfonamides is 1. The minimum atomic E-state index is -3.87. The van der Waals surface area contributed by atoms with E-state index in [0.717, 1.165) is 18.4 Å². The van der Waals surface area contributed by atoms with E-state index < -0.39 is 15.6 Å². The molecule has 8 heteroatoms. The average molecular weight is 451 g/mol. The van der Waals surface area contributed by atoms with Crippen molar-refractivity contribution in [3.8, 4) is 5.75 Å². The summed E-state index contributed by atoms with van der Waals surface area (Å²) in [5.41, 5.74) is 0.611. The first-order valence-electron chi connectivity index (χ1n) is 9.80. The number of ether oxygens (including phenoxy) is 1. The lowest BCUT2D eigenvalue weighted by atomic mass is 10.0. The SMILES string of the molecule is COc1ccc(C(=O)N2CCCC2c2cccc(Cl)c2)cc1S(=O)(=O)NC(C)(C)C. The molecule has 1 heterocycles. The zero-order chi connectivity index (χ0) is 22.1. The summed E-state index contributed by atoms with van der Waals surface area (Å²) in [6.07, 6.45) is 1.70. The molecule has 1 amide bonds. The van der Waals surface area contributed by atoms with Gasteiger partial charge in [-0.05, 0) is 69.5 Å². The fourth-order valence-corrected chi connectivity index (χ4v) is 5.53. The van der Waals surface area contributed by atoms with Crippen molar-refractivity contribution in [2.75, 3.05) is 13.7 Å². The Morgan fingerprint density at radius 1 is 1.20 bits per heavy atom. The minimum Gasteiger partial charge on any atom is -0.495 e. The first-order chi connectivity index (χ1) is 14.0. The molecule has 0 bridgehead atoms. The molecule has 1 saturated heterocycles. The van der Waals surface area contributed by atoms with E-state index in [2.05, 4.69) is 4.72 Å². The number of methoxy groups -OCH3 is 1. The molecule has 1 fully saturated rings. The Kier molecular flexibility index (Phi) is 6.45. The van der Waals surface area contributed by atoms with Crippen LogP contribution in [0.2, 0.25) is 5.02 Å².